The van der Waals surface area contributed by atoms with Crippen LogP contribution in [0.4, 0.5) is 0 Å². The Morgan fingerprint density at radius 1 is 1.27 bits per heavy atom. The summed E-state index contributed by atoms with van der Waals surface area (Å²) in [6, 6.07) is 8.48. The van der Waals surface area contributed by atoms with Gasteiger partial charge in [-0.25, -0.2) is 9.78 Å². The fraction of sp³-hybridized carbons (Fsp3) is 0.263. The fourth-order valence-electron chi connectivity index (χ4n) is 3.03. The highest BCUT2D eigenvalue weighted by Gasteiger charge is 2.31. The molecule has 1 aliphatic carbocycles. The predicted molar refractivity (Wildman–Crippen MR) is 93.4 cm³/mol. The summed E-state index contributed by atoms with van der Waals surface area (Å²) in [7, 11) is 0. The molecule has 1 aromatic heterocycles. The first kappa shape index (κ1) is 17.6. The zero-order valence-corrected chi connectivity index (χ0v) is 14.0. The Labute approximate surface area is 150 Å². The van der Waals surface area contributed by atoms with E-state index in [2.05, 4.69) is 15.3 Å². The number of rotatable bonds is 6. The van der Waals surface area contributed by atoms with Crippen LogP contribution in [0.1, 0.15) is 30.0 Å². The first-order chi connectivity index (χ1) is 12.5. The number of nitrogens with one attached hydrogen (secondary N) is 2. The number of carboxylic acids is 1. The highest BCUT2D eigenvalue weighted by Crippen LogP contribution is 2.31. The maximum Gasteiger partial charge on any atom is 0.326 e. The van der Waals surface area contributed by atoms with Crippen molar-refractivity contribution in [2.45, 2.75) is 31.2 Å². The predicted octanol–water partition coefficient (Wildman–Crippen LogP) is 1.59. The number of benzene rings is 1. The van der Waals surface area contributed by atoms with Gasteiger partial charge < -0.3 is 15.4 Å². The smallest absolute Gasteiger partial charge is 0.326 e. The molecule has 1 aromatic carbocycles. The summed E-state index contributed by atoms with van der Waals surface area (Å²) in [5.74, 6) is -1.76. The Morgan fingerprint density at radius 3 is 2.54 bits per heavy atom. The summed E-state index contributed by atoms with van der Waals surface area (Å²) in [4.78, 5) is 42.9. The third-order valence-electron chi connectivity index (χ3n) is 4.43. The molecular weight excluding hydrogens is 334 g/mol. The van der Waals surface area contributed by atoms with Crippen molar-refractivity contribution in [1.82, 2.24) is 15.3 Å². The fourth-order valence-corrected chi connectivity index (χ4v) is 3.03. The average molecular weight is 353 g/mol. The number of carbonyl (C=O) groups is 3. The van der Waals surface area contributed by atoms with Crippen LogP contribution in [-0.2, 0) is 20.8 Å². The quantitative estimate of drug-likeness (QED) is 0.537. The maximum atomic E-state index is 12.4. The van der Waals surface area contributed by atoms with E-state index in [0.29, 0.717) is 5.69 Å². The monoisotopic (exact) mass is 353 g/mol. The molecule has 0 aliphatic heterocycles. The van der Waals surface area contributed by atoms with E-state index in [9.17, 15) is 19.5 Å². The minimum Gasteiger partial charge on any atom is -0.480 e. The first-order valence-corrected chi connectivity index (χ1v) is 8.32. The normalized spacial score (nSPS) is 18.5. The number of aliphatic carboxylic acids is 1. The second-order valence-corrected chi connectivity index (χ2v) is 6.24. The van der Waals surface area contributed by atoms with Crippen molar-refractivity contribution in [3.05, 3.63) is 65.9 Å². The van der Waals surface area contributed by atoms with Gasteiger partial charge in [0.25, 0.3) is 0 Å². The van der Waals surface area contributed by atoms with Crippen molar-refractivity contribution in [2.24, 2.45) is 0 Å². The molecule has 1 saturated carbocycles. The number of nitrogens with zero attached hydrogens (tertiary/aromatic N) is 1. The number of carboxylic acid groups (broad SMARTS) is 1. The van der Waals surface area contributed by atoms with Crippen LogP contribution in [0.2, 0.25) is 0 Å². The summed E-state index contributed by atoms with van der Waals surface area (Å²) >= 11 is 0. The van der Waals surface area contributed by atoms with Crippen LogP contribution in [0.5, 0.6) is 0 Å². The van der Waals surface area contributed by atoms with Crippen molar-refractivity contribution in [3.8, 4) is 0 Å². The summed E-state index contributed by atoms with van der Waals surface area (Å²) in [5.41, 5.74) is 1.57. The lowest BCUT2D eigenvalue weighted by atomic mass is 9.80. The number of carbonyl (C=O) groups excluding carboxylic acids is 2. The van der Waals surface area contributed by atoms with Gasteiger partial charge in [0, 0.05) is 31.7 Å². The molecule has 1 aliphatic rings. The largest absolute Gasteiger partial charge is 0.480 e. The van der Waals surface area contributed by atoms with Crippen LogP contribution in [0, 0.1) is 0 Å². The molecule has 0 radical (unpaired) electrons. The molecule has 0 bridgehead atoms. The number of ketones is 2. The van der Waals surface area contributed by atoms with E-state index >= 15 is 0 Å². The summed E-state index contributed by atoms with van der Waals surface area (Å²) < 4.78 is 0. The van der Waals surface area contributed by atoms with Crippen molar-refractivity contribution in [2.75, 3.05) is 0 Å². The number of Topliss-reactive ketones (excluding diaryl/α,β-unsaturated/α-hetero) is 2. The number of imidazole rings is 1. The molecule has 3 N–H and O–H groups in total. The SMILES string of the molecule is O=C1CC(c2ccccc2)CC(=O)C1=CNC(Cc1c[nH]cn1)C(=O)O. The highest BCUT2D eigenvalue weighted by molar-refractivity contribution is 6.22. The number of H-pyrrole nitrogens is 1. The lowest BCUT2D eigenvalue weighted by molar-refractivity contribution is -0.139. The lowest BCUT2D eigenvalue weighted by Crippen LogP contribution is -2.37. The van der Waals surface area contributed by atoms with Crippen LogP contribution < -0.4 is 5.32 Å². The molecular formula is C19H19N3O4. The highest BCUT2D eigenvalue weighted by atomic mass is 16.4. The van der Waals surface area contributed by atoms with Crippen LogP contribution in [0.3, 0.4) is 0 Å². The van der Waals surface area contributed by atoms with Gasteiger partial charge in [-0.3, -0.25) is 9.59 Å². The molecule has 1 atom stereocenters. The Morgan fingerprint density at radius 2 is 1.96 bits per heavy atom. The molecule has 26 heavy (non-hydrogen) atoms. The minimum atomic E-state index is -1.08. The molecule has 3 rings (SSSR count). The van der Waals surface area contributed by atoms with Crippen LogP contribution >= 0.6 is 0 Å². The minimum absolute atomic E-state index is 0.0328. The second-order valence-electron chi connectivity index (χ2n) is 6.24. The van der Waals surface area contributed by atoms with Gasteiger partial charge >= 0.3 is 5.97 Å². The van der Waals surface area contributed by atoms with E-state index in [4.69, 9.17) is 0 Å². The van der Waals surface area contributed by atoms with E-state index in [-0.39, 0.29) is 42.3 Å². The van der Waals surface area contributed by atoms with Crippen LogP contribution in [0.25, 0.3) is 0 Å². The number of aromatic amines is 1. The maximum absolute atomic E-state index is 12.4. The number of hydrogen-bond acceptors (Lipinski definition) is 5. The Kier molecular flexibility index (Phi) is 5.26. The van der Waals surface area contributed by atoms with E-state index in [1.165, 1.54) is 12.5 Å². The van der Waals surface area contributed by atoms with Crippen molar-refractivity contribution in [1.29, 1.82) is 0 Å². The first-order valence-electron chi connectivity index (χ1n) is 8.32. The van der Waals surface area contributed by atoms with Crippen LogP contribution in [-0.4, -0.2) is 38.7 Å². The second kappa shape index (κ2) is 7.77. The topological polar surface area (TPSA) is 112 Å². The molecule has 134 valence electrons. The summed E-state index contributed by atoms with van der Waals surface area (Å²) in [6.45, 7) is 0. The third kappa shape index (κ3) is 4.05. The van der Waals surface area contributed by atoms with E-state index in [1.54, 1.807) is 6.20 Å². The van der Waals surface area contributed by atoms with Gasteiger partial charge in [0.15, 0.2) is 11.6 Å². The van der Waals surface area contributed by atoms with E-state index in [0.717, 1.165) is 5.56 Å². The molecule has 7 nitrogen and oxygen atoms in total. The Hall–Kier alpha value is -3.22. The summed E-state index contributed by atoms with van der Waals surface area (Å²) in [5, 5.41) is 12.0. The number of aromatic nitrogens is 2. The van der Waals surface area contributed by atoms with Gasteiger partial charge in [0.2, 0.25) is 0 Å². The third-order valence-corrected chi connectivity index (χ3v) is 4.43. The number of allylic oxidation sites excluding steroid dienone is 1. The van der Waals surface area contributed by atoms with Gasteiger partial charge in [-0.15, -0.1) is 0 Å². The van der Waals surface area contributed by atoms with Crippen molar-refractivity contribution >= 4 is 17.5 Å². The molecule has 1 unspecified atom stereocenters. The van der Waals surface area contributed by atoms with Gasteiger partial charge in [0.1, 0.15) is 6.04 Å². The number of hydrogen-bond donors (Lipinski definition) is 3. The Bertz CT molecular complexity index is 808. The molecule has 0 amide bonds. The van der Waals surface area contributed by atoms with Crippen molar-refractivity contribution in [3.63, 3.8) is 0 Å². The van der Waals surface area contributed by atoms with Gasteiger partial charge in [-0.05, 0) is 11.5 Å². The van der Waals surface area contributed by atoms with E-state index < -0.39 is 12.0 Å². The zero-order valence-electron chi connectivity index (χ0n) is 14.0. The van der Waals surface area contributed by atoms with Gasteiger partial charge in [0.05, 0.1) is 17.6 Å². The Balaban J connectivity index is 1.69. The molecule has 1 fully saturated rings. The summed E-state index contributed by atoms with van der Waals surface area (Å²) in [6.07, 6.45) is 4.92. The molecule has 0 spiro atoms. The van der Waals surface area contributed by atoms with Crippen molar-refractivity contribution < 1.29 is 19.5 Å². The average Bonchev–Trinajstić information content (AvgIpc) is 3.13. The lowest BCUT2D eigenvalue weighted by Gasteiger charge is -2.22. The zero-order chi connectivity index (χ0) is 18.5. The molecule has 0 saturated heterocycles. The van der Waals surface area contributed by atoms with Crippen LogP contribution in [0.15, 0.2) is 54.6 Å². The molecule has 2 aromatic rings. The molecule has 1 heterocycles. The van der Waals surface area contributed by atoms with E-state index in [1.807, 2.05) is 30.3 Å². The standard InChI is InChI=1S/C19H19N3O4/c23-17-6-13(12-4-2-1-3-5-12)7-18(24)15(17)10-21-16(19(25)26)8-14-9-20-11-22-14/h1-5,9-11,13,16,21H,6-8H2,(H,20,22)(H,25,26). The van der Waals surface area contributed by atoms with Gasteiger partial charge in [-0.2, -0.15) is 0 Å². The van der Waals surface area contributed by atoms with Gasteiger partial charge in [-0.1, -0.05) is 30.3 Å². The molecule has 7 heteroatoms.